The van der Waals surface area contributed by atoms with Crippen molar-refractivity contribution in [2.45, 2.75) is 38.2 Å². The molecule has 4 rings (SSSR count). The van der Waals surface area contributed by atoms with Crippen LogP contribution in [0.4, 0.5) is 0 Å². The predicted molar refractivity (Wildman–Crippen MR) is 75.1 cm³/mol. The van der Waals surface area contributed by atoms with E-state index in [1.54, 1.807) is 12.1 Å². The van der Waals surface area contributed by atoms with E-state index in [0.29, 0.717) is 11.3 Å². The van der Waals surface area contributed by atoms with Crippen LogP contribution in [0.5, 0.6) is 0 Å². The van der Waals surface area contributed by atoms with E-state index >= 15 is 0 Å². The van der Waals surface area contributed by atoms with E-state index in [4.69, 9.17) is 9.84 Å². The number of carbonyl (C=O) groups is 2. The Hall–Kier alpha value is -1.84. The number of benzene rings is 1. The van der Waals surface area contributed by atoms with Gasteiger partial charge in [-0.15, -0.1) is 0 Å². The fraction of sp³-hybridized carbons (Fsp3) is 0.529. The maximum Gasteiger partial charge on any atom is 0.339 e. The molecule has 1 N–H and O–H groups in total. The van der Waals surface area contributed by atoms with Crippen LogP contribution in [0.3, 0.4) is 0 Å². The predicted octanol–water partition coefficient (Wildman–Crippen LogP) is 3.12. The lowest BCUT2D eigenvalue weighted by molar-refractivity contribution is -0.0874. The third-order valence-electron chi connectivity index (χ3n) is 6.03. The number of ether oxygens (including phenoxy) is 1. The maximum atomic E-state index is 12.3. The molecular weight excluding hydrogens is 268 g/mol. The van der Waals surface area contributed by atoms with Crippen molar-refractivity contribution in [3.05, 3.63) is 35.4 Å². The average molecular weight is 286 g/mol. The molecule has 1 aromatic carbocycles. The van der Waals surface area contributed by atoms with Gasteiger partial charge in [0.2, 0.25) is 0 Å². The van der Waals surface area contributed by atoms with Crippen molar-refractivity contribution in [1.82, 2.24) is 0 Å². The van der Waals surface area contributed by atoms with E-state index in [1.807, 2.05) is 0 Å². The number of hydrogen-bond acceptors (Lipinski definition) is 3. The Kier molecular flexibility index (Phi) is 2.65. The molecule has 3 fully saturated rings. The summed E-state index contributed by atoms with van der Waals surface area (Å²) >= 11 is 0. The first-order valence-corrected chi connectivity index (χ1v) is 7.65. The van der Waals surface area contributed by atoms with Gasteiger partial charge in [0.25, 0.3) is 0 Å². The molecule has 0 aliphatic heterocycles. The summed E-state index contributed by atoms with van der Waals surface area (Å²) in [6, 6.07) is 6.27. The van der Waals surface area contributed by atoms with E-state index < -0.39 is 11.9 Å². The van der Waals surface area contributed by atoms with E-state index in [0.717, 1.165) is 18.8 Å². The van der Waals surface area contributed by atoms with Crippen LogP contribution in [0.2, 0.25) is 0 Å². The molecule has 3 saturated carbocycles. The molecule has 1 spiro atoms. The first-order valence-electron chi connectivity index (χ1n) is 7.65. The van der Waals surface area contributed by atoms with Gasteiger partial charge >= 0.3 is 11.9 Å². The number of carboxylic acids is 1. The molecule has 0 radical (unpaired) electrons. The number of aromatic carboxylic acids is 1. The SMILES string of the molecule is O=C(O)c1ccccc1C(=O)O[C@H]1C[C@@H]2CC[C@]23CC[C@H]13. The maximum absolute atomic E-state index is 12.3. The van der Waals surface area contributed by atoms with E-state index in [-0.39, 0.29) is 17.2 Å². The zero-order chi connectivity index (χ0) is 14.6. The Labute approximate surface area is 123 Å². The van der Waals surface area contributed by atoms with Gasteiger partial charge in [-0.3, -0.25) is 0 Å². The van der Waals surface area contributed by atoms with Crippen molar-refractivity contribution < 1.29 is 19.4 Å². The number of esters is 1. The van der Waals surface area contributed by atoms with Gasteiger partial charge in [-0.1, -0.05) is 12.1 Å². The second-order valence-corrected chi connectivity index (χ2v) is 6.64. The summed E-state index contributed by atoms with van der Waals surface area (Å²) in [4.78, 5) is 23.5. The number of carboxylic acid groups (broad SMARTS) is 1. The summed E-state index contributed by atoms with van der Waals surface area (Å²) in [5.74, 6) is -0.337. The van der Waals surface area contributed by atoms with Crippen molar-refractivity contribution in [2.75, 3.05) is 0 Å². The fourth-order valence-corrected chi connectivity index (χ4v) is 4.75. The second-order valence-electron chi connectivity index (χ2n) is 6.64. The molecule has 1 aromatic rings. The number of rotatable bonds is 3. The smallest absolute Gasteiger partial charge is 0.339 e. The van der Waals surface area contributed by atoms with Gasteiger partial charge in [-0.25, -0.2) is 9.59 Å². The van der Waals surface area contributed by atoms with Gasteiger partial charge in [0.15, 0.2) is 0 Å². The van der Waals surface area contributed by atoms with Crippen LogP contribution in [-0.4, -0.2) is 23.1 Å². The highest BCUT2D eigenvalue weighted by Gasteiger charge is 2.65. The Balaban J connectivity index is 1.53. The summed E-state index contributed by atoms with van der Waals surface area (Å²) in [5, 5.41) is 9.17. The molecule has 0 unspecified atom stereocenters. The molecule has 4 heteroatoms. The van der Waals surface area contributed by atoms with Crippen molar-refractivity contribution in [3.63, 3.8) is 0 Å². The summed E-state index contributed by atoms with van der Waals surface area (Å²) in [7, 11) is 0. The van der Waals surface area contributed by atoms with Crippen molar-refractivity contribution in [3.8, 4) is 0 Å². The lowest BCUT2D eigenvalue weighted by atomic mass is 9.48. The first-order chi connectivity index (χ1) is 10.1. The van der Waals surface area contributed by atoms with Crippen molar-refractivity contribution in [1.29, 1.82) is 0 Å². The highest BCUT2D eigenvalue weighted by molar-refractivity contribution is 6.02. The summed E-state index contributed by atoms with van der Waals surface area (Å²) in [6.07, 6.45) is 5.92. The Morgan fingerprint density at radius 2 is 1.86 bits per heavy atom. The van der Waals surface area contributed by atoms with Crippen LogP contribution in [-0.2, 0) is 4.74 Å². The Morgan fingerprint density at radius 1 is 1.14 bits per heavy atom. The van der Waals surface area contributed by atoms with Crippen LogP contribution in [0.1, 0.15) is 52.8 Å². The quantitative estimate of drug-likeness (QED) is 0.867. The zero-order valence-corrected chi connectivity index (χ0v) is 11.7. The van der Waals surface area contributed by atoms with Crippen LogP contribution < -0.4 is 0 Å². The van der Waals surface area contributed by atoms with Crippen molar-refractivity contribution >= 4 is 11.9 Å². The molecule has 0 aromatic heterocycles. The second kappa shape index (κ2) is 4.33. The van der Waals surface area contributed by atoms with E-state index in [9.17, 15) is 9.59 Å². The molecule has 3 aliphatic carbocycles. The van der Waals surface area contributed by atoms with E-state index in [1.165, 1.54) is 31.4 Å². The summed E-state index contributed by atoms with van der Waals surface area (Å²) < 4.78 is 5.70. The molecule has 4 nitrogen and oxygen atoms in total. The minimum atomic E-state index is -1.09. The summed E-state index contributed by atoms with van der Waals surface area (Å²) in [5.41, 5.74) is 0.654. The standard InChI is InChI=1S/C17H18O4/c18-15(19)11-3-1-2-4-12(11)16(20)21-14-9-10-5-7-17(10)8-6-13(14)17/h1-4,10,13-14H,5-9H2,(H,18,19)/t10-,13+,14-,17-/m0/s1. The monoisotopic (exact) mass is 286 g/mol. The molecular formula is C17H18O4. The number of hydrogen-bond donors (Lipinski definition) is 1. The third-order valence-corrected chi connectivity index (χ3v) is 6.03. The molecule has 110 valence electrons. The minimum Gasteiger partial charge on any atom is -0.478 e. The molecule has 4 atom stereocenters. The van der Waals surface area contributed by atoms with Gasteiger partial charge in [0.1, 0.15) is 6.10 Å². The molecule has 0 heterocycles. The van der Waals surface area contributed by atoms with E-state index in [2.05, 4.69) is 0 Å². The highest BCUT2D eigenvalue weighted by atomic mass is 16.5. The topological polar surface area (TPSA) is 63.6 Å². The van der Waals surface area contributed by atoms with Gasteiger partial charge in [0.05, 0.1) is 11.1 Å². The molecule has 0 amide bonds. The molecule has 21 heavy (non-hydrogen) atoms. The molecule has 3 aliphatic rings. The average Bonchev–Trinajstić information content (AvgIpc) is 2.54. The molecule has 0 bridgehead atoms. The van der Waals surface area contributed by atoms with Crippen LogP contribution in [0, 0.1) is 17.3 Å². The first kappa shape index (κ1) is 12.9. The highest BCUT2D eigenvalue weighted by Crippen LogP contribution is 2.70. The summed E-state index contributed by atoms with van der Waals surface area (Å²) in [6.45, 7) is 0. The molecule has 0 saturated heterocycles. The van der Waals surface area contributed by atoms with Crippen molar-refractivity contribution in [2.24, 2.45) is 17.3 Å². The minimum absolute atomic E-state index is 0.0133. The fourth-order valence-electron chi connectivity index (χ4n) is 4.75. The third kappa shape index (κ3) is 1.68. The normalized spacial score (nSPS) is 35.9. The zero-order valence-electron chi connectivity index (χ0n) is 11.7. The van der Waals surface area contributed by atoms with Gasteiger partial charge < -0.3 is 9.84 Å². The van der Waals surface area contributed by atoms with Crippen LogP contribution >= 0.6 is 0 Å². The Morgan fingerprint density at radius 3 is 2.38 bits per heavy atom. The van der Waals surface area contributed by atoms with Crippen LogP contribution in [0.15, 0.2) is 24.3 Å². The largest absolute Gasteiger partial charge is 0.478 e. The van der Waals surface area contributed by atoms with Gasteiger partial charge in [-0.2, -0.15) is 0 Å². The lowest BCUT2D eigenvalue weighted by Gasteiger charge is -2.56. The van der Waals surface area contributed by atoms with Gasteiger partial charge in [0, 0.05) is 5.92 Å². The lowest BCUT2D eigenvalue weighted by Crippen LogP contribution is -2.49. The van der Waals surface area contributed by atoms with Crippen LogP contribution in [0.25, 0.3) is 0 Å². The van der Waals surface area contributed by atoms with Gasteiger partial charge in [-0.05, 0) is 55.6 Å². The number of carbonyl (C=O) groups excluding carboxylic acids is 1. The Bertz CT molecular complexity index is 619.